The SMILES string of the molecule is C[C@@H]1CCc2nc(NC(=O)CCCS(=O)(=O)c3ccccc3)sc2C1. The van der Waals surface area contributed by atoms with Crippen LogP contribution in [0.1, 0.15) is 36.8 Å². The van der Waals surface area contributed by atoms with Crippen molar-refractivity contribution in [2.75, 3.05) is 11.1 Å². The Balaban J connectivity index is 1.50. The van der Waals surface area contributed by atoms with Crippen molar-refractivity contribution in [2.45, 2.75) is 43.9 Å². The lowest BCUT2D eigenvalue weighted by Crippen LogP contribution is -2.14. The molecule has 134 valence electrons. The number of hydrogen-bond donors (Lipinski definition) is 1. The molecule has 1 atom stereocenters. The van der Waals surface area contributed by atoms with Crippen LogP contribution < -0.4 is 5.32 Å². The van der Waals surface area contributed by atoms with Crippen LogP contribution in [0.15, 0.2) is 35.2 Å². The Labute approximate surface area is 152 Å². The summed E-state index contributed by atoms with van der Waals surface area (Å²) >= 11 is 1.54. The van der Waals surface area contributed by atoms with Gasteiger partial charge in [0.15, 0.2) is 15.0 Å². The van der Waals surface area contributed by atoms with E-state index in [1.165, 1.54) is 4.88 Å². The van der Waals surface area contributed by atoms with E-state index in [1.54, 1.807) is 41.7 Å². The van der Waals surface area contributed by atoms with E-state index in [2.05, 4.69) is 17.2 Å². The van der Waals surface area contributed by atoms with E-state index in [0.29, 0.717) is 22.4 Å². The van der Waals surface area contributed by atoms with Gasteiger partial charge in [-0.3, -0.25) is 4.79 Å². The number of rotatable bonds is 6. The Bertz CT molecular complexity index is 844. The Morgan fingerprint density at radius 1 is 1.32 bits per heavy atom. The van der Waals surface area contributed by atoms with E-state index in [0.717, 1.165) is 25.0 Å². The summed E-state index contributed by atoms with van der Waals surface area (Å²) in [5.74, 6) is 0.457. The third kappa shape index (κ3) is 4.67. The fourth-order valence-electron chi connectivity index (χ4n) is 2.94. The predicted octanol–water partition coefficient (Wildman–Crippen LogP) is 3.46. The van der Waals surface area contributed by atoms with Crippen LogP contribution >= 0.6 is 11.3 Å². The van der Waals surface area contributed by atoms with Gasteiger partial charge in [-0.2, -0.15) is 0 Å². The number of aryl methyl sites for hydroxylation is 1. The standard InChI is InChI=1S/C18H22N2O3S2/c1-13-9-10-15-16(12-13)24-18(19-15)20-17(21)8-5-11-25(22,23)14-6-3-2-4-7-14/h2-4,6-7,13H,5,8-12H2,1H3,(H,19,20,21)/t13-/m1/s1. The number of carbonyl (C=O) groups excluding carboxylic acids is 1. The zero-order valence-corrected chi connectivity index (χ0v) is 15.8. The van der Waals surface area contributed by atoms with Gasteiger partial charge in [-0.05, 0) is 43.7 Å². The van der Waals surface area contributed by atoms with Crippen molar-refractivity contribution in [1.82, 2.24) is 4.98 Å². The Kier molecular flexibility index (Phi) is 5.54. The molecule has 2 aromatic rings. The lowest BCUT2D eigenvalue weighted by atomic mass is 9.93. The number of carbonyl (C=O) groups is 1. The van der Waals surface area contributed by atoms with Crippen LogP contribution in [-0.4, -0.2) is 25.1 Å². The maximum Gasteiger partial charge on any atom is 0.226 e. The van der Waals surface area contributed by atoms with E-state index in [4.69, 9.17) is 0 Å². The second-order valence-corrected chi connectivity index (χ2v) is 9.71. The highest BCUT2D eigenvalue weighted by molar-refractivity contribution is 7.91. The third-order valence-electron chi connectivity index (χ3n) is 4.35. The minimum Gasteiger partial charge on any atom is -0.302 e. The summed E-state index contributed by atoms with van der Waals surface area (Å²) in [5, 5.41) is 3.45. The molecular formula is C18H22N2O3S2. The molecule has 0 saturated carbocycles. The zero-order chi connectivity index (χ0) is 17.9. The number of fused-ring (bicyclic) bond motifs is 1. The van der Waals surface area contributed by atoms with Crippen LogP contribution in [0.25, 0.3) is 0 Å². The van der Waals surface area contributed by atoms with Gasteiger partial charge in [-0.25, -0.2) is 13.4 Å². The van der Waals surface area contributed by atoms with Gasteiger partial charge in [0.05, 0.1) is 16.3 Å². The first-order chi connectivity index (χ1) is 11.9. The second kappa shape index (κ2) is 7.66. The van der Waals surface area contributed by atoms with Crippen LogP contribution in [0.4, 0.5) is 5.13 Å². The average Bonchev–Trinajstić information content (AvgIpc) is 2.96. The van der Waals surface area contributed by atoms with Gasteiger partial charge < -0.3 is 5.32 Å². The number of nitrogens with zero attached hydrogens (tertiary/aromatic N) is 1. The predicted molar refractivity (Wildman–Crippen MR) is 99.7 cm³/mol. The molecule has 0 bridgehead atoms. The highest BCUT2D eigenvalue weighted by atomic mass is 32.2. The number of amides is 1. The summed E-state index contributed by atoms with van der Waals surface area (Å²) < 4.78 is 24.4. The fourth-order valence-corrected chi connectivity index (χ4v) is 5.46. The van der Waals surface area contributed by atoms with Gasteiger partial charge in [0.2, 0.25) is 5.91 Å². The van der Waals surface area contributed by atoms with E-state index < -0.39 is 9.84 Å². The van der Waals surface area contributed by atoms with E-state index in [1.807, 2.05) is 0 Å². The van der Waals surface area contributed by atoms with Crippen molar-refractivity contribution in [3.8, 4) is 0 Å². The summed E-state index contributed by atoms with van der Waals surface area (Å²) in [4.78, 5) is 18.1. The maximum atomic E-state index is 12.2. The molecule has 1 amide bonds. The van der Waals surface area contributed by atoms with Crippen LogP contribution in [0.2, 0.25) is 0 Å². The molecule has 3 rings (SSSR count). The van der Waals surface area contributed by atoms with Crippen molar-refractivity contribution in [2.24, 2.45) is 5.92 Å². The lowest BCUT2D eigenvalue weighted by Gasteiger charge is -2.15. The average molecular weight is 379 g/mol. The van der Waals surface area contributed by atoms with Crippen molar-refractivity contribution < 1.29 is 13.2 Å². The Morgan fingerprint density at radius 3 is 2.84 bits per heavy atom. The van der Waals surface area contributed by atoms with Crippen LogP contribution in [0.5, 0.6) is 0 Å². The van der Waals surface area contributed by atoms with E-state index >= 15 is 0 Å². The smallest absolute Gasteiger partial charge is 0.226 e. The van der Waals surface area contributed by atoms with Crippen LogP contribution in [0, 0.1) is 5.92 Å². The first-order valence-corrected chi connectivity index (χ1v) is 11.0. The summed E-state index contributed by atoms with van der Waals surface area (Å²) in [6.45, 7) is 2.23. The number of aromatic nitrogens is 1. The van der Waals surface area contributed by atoms with Crippen LogP contribution in [0.3, 0.4) is 0 Å². The van der Waals surface area contributed by atoms with Gasteiger partial charge in [-0.15, -0.1) is 11.3 Å². The summed E-state index contributed by atoms with van der Waals surface area (Å²) in [5.41, 5.74) is 1.10. The first kappa shape index (κ1) is 18.1. The maximum absolute atomic E-state index is 12.2. The molecule has 1 aliphatic rings. The van der Waals surface area contributed by atoms with Crippen LogP contribution in [-0.2, 0) is 27.5 Å². The minimum absolute atomic E-state index is 0.0314. The van der Waals surface area contributed by atoms with Gasteiger partial charge in [0.25, 0.3) is 0 Å². The topological polar surface area (TPSA) is 76.1 Å². The monoisotopic (exact) mass is 378 g/mol. The number of nitrogens with one attached hydrogen (secondary N) is 1. The summed E-state index contributed by atoms with van der Waals surface area (Å²) in [6, 6.07) is 8.34. The number of anilines is 1. The lowest BCUT2D eigenvalue weighted by molar-refractivity contribution is -0.116. The molecule has 1 aromatic heterocycles. The molecule has 0 unspecified atom stereocenters. The molecule has 1 heterocycles. The quantitative estimate of drug-likeness (QED) is 0.835. The fraction of sp³-hybridized carbons (Fsp3) is 0.444. The normalized spacial score (nSPS) is 17.1. The molecule has 25 heavy (non-hydrogen) atoms. The van der Waals surface area contributed by atoms with Crippen molar-refractivity contribution >= 4 is 32.2 Å². The Morgan fingerprint density at radius 2 is 2.08 bits per heavy atom. The number of sulfone groups is 1. The molecular weight excluding hydrogens is 356 g/mol. The zero-order valence-electron chi connectivity index (χ0n) is 14.2. The molecule has 0 radical (unpaired) electrons. The van der Waals surface area contributed by atoms with Crippen molar-refractivity contribution in [3.63, 3.8) is 0 Å². The van der Waals surface area contributed by atoms with E-state index in [9.17, 15) is 13.2 Å². The minimum atomic E-state index is -3.33. The third-order valence-corrected chi connectivity index (χ3v) is 7.20. The molecule has 1 aromatic carbocycles. The van der Waals surface area contributed by atoms with Gasteiger partial charge in [0.1, 0.15) is 0 Å². The summed E-state index contributed by atoms with van der Waals surface area (Å²) in [7, 11) is -3.33. The van der Waals surface area contributed by atoms with Crippen molar-refractivity contribution in [3.05, 3.63) is 40.9 Å². The van der Waals surface area contributed by atoms with Gasteiger partial charge in [-0.1, -0.05) is 25.1 Å². The van der Waals surface area contributed by atoms with Gasteiger partial charge >= 0.3 is 0 Å². The molecule has 7 heteroatoms. The highest BCUT2D eigenvalue weighted by Gasteiger charge is 2.20. The molecule has 0 aliphatic heterocycles. The summed E-state index contributed by atoms with van der Waals surface area (Å²) in [6.07, 6.45) is 3.61. The largest absolute Gasteiger partial charge is 0.302 e. The highest BCUT2D eigenvalue weighted by Crippen LogP contribution is 2.32. The number of hydrogen-bond acceptors (Lipinski definition) is 5. The van der Waals surface area contributed by atoms with E-state index in [-0.39, 0.29) is 18.1 Å². The molecule has 0 spiro atoms. The number of benzene rings is 1. The Hall–Kier alpha value is -1.73. The molecule has 1 N–H and O–H groups in total. The molecule has 0 saturated heterocycles. The number of thiazole rings is 1. The first-order valence-electron chi connectivity index (χ1n) is 8.50. The molecule has 5 nitrogen and oxygen atoms in total. The molecule has 0 fully saturated rings. The second-order valence-electron chi connectivity index (χ2n) is 6.52. The van der Waals surface area contributed by atoms with Gasteiger partial charge in [0, 0.05) is 11.3 Å². The van der Waals surface area contributed by atoms with Crippen molar-refractivity contribution in [1.29, 1.82) is 0 Å². The molecule has 1 aliphatic carbocycles.